The summed E-state index contributed by atoms with van der Waals surface area (Å²) in [5.74, 6) is 0.732. The molecule has 0 saturated heterocycles. The van der Waals surface area contributed by atoms with Crippen LogP contribution in [0.25, 0.3) is 0 Å². The van der Waals surface area contributed by atoms with E-state index in [1.807, 2.05) is 37.3 Å². The molecule has 0 aliphatic carbocycles. The summed E-state index contributed by atoms with van der Waals surface area (Å²) >= 11 is 0. The van der Waals surface area contributed by atoms with Crippen molar-refractivity contribution in [1.82, 2.24) is 14.3 Å². The summed E-state index contributed by atoms with van der Waals surface area (Å²) in [7, 11) is 1.73. The van der Waals surface area contributed by atoms with E-state index in [9.17, 15) is 4.79 Å². The van der Waals surface area contributed by atoms with Gasteiger partial charge in [0, 0.05) is 7.05 Å². The van der Waals surface area contributed by atoms with Crippen molar-refractivity contribution in [2.75, 3.05) is 0 Å². The molecular formula is C11H13N3O. The van der Waals surface area contributed by atoms with Crippen LogP contribution in [-0.2, 0) is 13.6 Å². The van der Waals surface area contributed by atoms with Crippen molar-refractivity contribution in [3.05, 3.63) is 52.2 Å². The SMILES string of the molecule is Cc1nn(Cc2ccccc2)c(=O)n1C. The van der Waals surface area contributed by atoms with Crippen LogP contribution in [0, 0.1) is 6.92 Å². The lowest BCUT2D eigenvalue weighted by Crippen LogP contribution is -2.23. The van der Waals surface area contributed by atoms with Crippen LogP contribution in [0.4, 0.5) is 0 Å². The quantitative estimate of drug-likeness (QED) is 0.728. The molecule has 0 saturated carbocycles. The maximum absolute atomic E-state index is 11.7. The van der Waals surface area contributed by atoms with Gasteiger partial charge >= 0.3 is 5.69 Å². The Bertz CT molecular complexity index is 510. The Labute approximate surface area is 87.8 Å². The highest BCUT2D eigenvalue weighted by atomic mass is 16.2. The zero-order chi connectivity index (χ0) is 10.8. The normalized spacial score (nSPS) is 10.5. The third kappa shape index (κ3) is 1.83. The van der Waals surface area contributed by atoms with Crippen LogP contribution < -0.4 is 5.69 Å². The van der Waals surface area contributed by atoms with Gasteiger partial charge in [0.25, 0.3) is 0 Å². The number of rotatable bonds is 2. The van der Waals surface area contributed by atoms with Gasteiger partial charge in [-0.3, -0.25) is 4.57 Å². The monoisotopic (exact) mass is 203 g/mol. The molecule has 1 aromatic carbocycles. The molecule has 0 spiro atoms. The second-order valence-electron chi connectivity index (χ2n) is 3.53. The number of aryl methyl sites for hydroxylation is 1. The van der Waals surface area contributed by atoms with E-state index in [-0.39, 0.29) is 5.69 Å². The largest absolute Gasteiger partial charge is 0.345 e. The van der Waals surface area contributed by atoms with Crippen molar-refractivity contribution in [3.8, 4) is 0 Å². The van der Waals surface area contributed by atoms with Crippen LogP contribution >= 0.6 is 0 Å². The summed E-state index contributed by atoms with van der Waals surface area (Å²) in [6, 6.07) is 9.83. The highest BCUT2D eigenvalue weighted by Gasteiger charge is 2.05. The number of hydrogen-bond donors (Lipinski definition) is 0. The third-order valence-corrected chi connectivity index (χ3v) is 2.43. The number of aromatic nitrogens is 3. The molecule has 1 heterocycles. The molecule has 0 bridgehead atoms. The standard InChI is InChI=1S/C11H13N3O/c1-9-12-14(11(15)13(9)2)8-10-6-4-3-5-7-10/h3-7H,8H2,1-2H3. The maximum Gasteiger partial charge on any atom is 0.345 e. The first kappa shape index (κ1) is 9.71. The maximum atomic E-state index is 11.7. The fourth-order valence-electron chi connectivity index (χ4n) is 1.46. The summed E-state index contributed by atoms with van der Waals surface area (Å²) < 4.78 is 3.02. The lowest BCUT2D eigenvalue weighted by molar-refractivity contribution is 0.646. The average Bonchev–Trinajstić information content (AvgIpc) is 2.48. The van der Waals surface area contributed by atoms with Gasteiger partial charge in [0.2, 0.25) is 0 Å². The van der Waals surface area contributed by atoms with Crippen LogP contribution in [-0.4, -0.2) is 14.3 Å². The third-order valence-electron chi connectivity index (χ3n) is 2.43. The molecule has 0 unspecified atom stereocenters. The van der Waals surface area contributed by atoms with Crippen molar-refractivity contribution in [2.24, 2.45) is 7.05 Å². The number of hydrogen-bond acceptors (Lipinski definition) is 2. The van der Waals surface area contributed by atoms with Crippen LogP contribution in [0.5, 0.6) is 0 Å². The molecule has 2 aromatic rings. The van der Waals surface area contributed by atoms with E-state index in [1.54, 1.807) is 11.6 Å². The number of benzene rings is 1. The van der Waals surface area contributed by atoms with Gasteiger partial charge in [-0.15, -0.1) is 0 Å². The molecule has 4 nitrogen and oxygen atoms in total. The van der Waals surface area contributed by atoms with Crippen LogP contribution in [0.1, 0.15) is 11.4 Å². The fourth-order valence-corrected chi connectivity index (χ4v) is 1.46. The van der Waals surface area contributed by atoms with Crippen molar-refractivity contribution in [2.45, 2.75) is 13.5 Å². The summed E-state index contributed by atoms with van der Waals surface area (Å²) in [6.07, 6.45) is 0. The van der Waals surface area contributed by atoms with E-state index in [1.165, 1.54) is 4.68 Å². The molecule has 0 aliphatic heterocycles. The van der Waals surface area contributed by atoms with Gasteiger partial charge in [-0.05, 0) is 12.5 Å². The predicted molar refractivity (Wildman–Crippen MR) is 57.7 cm³/mol. The van der Waals surface area contributed by atoms with Crippen molar-refractivity contribution in [3.63, 3.8) is 0 Å². The lowest BCUT2D eigenvalue weighted by Gasteiger charge is -1.98. The van der Waals surface area contributed by atoms with E-state index >= 15 is 0 Å². The molecule has 0 radical (unpaired) electrons. The minimum absolute atomic E-state index is 0.0728. The van der Waals surface area contributed by atoms with Crippen LogP contribution in [0.3, 0.4) is 0 Å². The number of nitrogens with zero attached hydrogens (tertiary/aromatic N) is 3. The molecule has 0 atom stereocenters. The molecule has 0 fully saturated rings. The highest BCUT2D eigenvalue weighted by Crippen LogP contribution is 1.99. The zero-order valence-electron chi connectivity index (χ0n) is 8.84. The first-order valence-corrected chi connectivity index (χ1v) is 4.83. The molecule has 78 valence electrons. The molecule has 15 heavy (non-hydrogen) atoms. The van der Waals surface area contributed by atoms with Gasteiger partial charge in [0.15, 0.2) is 0 Å². The average molecular weight is 203 g/mol. The van der Waals surface area contributed by atoms with Gasteiger partial charge in [-0.1, -0.05) is 30.3 Å². The van der Waals surface area contributed by atoms with Gasteiger partial charge in [-0.2, -0.15) is 5.10 Å². The van der Waals surface area contributed by atoms with Gasteiger partial charge in [-0.25, -0.2) is 9.48 Å². The second-order valence-corrected chi connectivity index (χ2v) is 3.53. The molecular weight excluding hydrogens is 190 g/mol. The first-order chi connectivity index (χ1) is 7.18. The smallest absolute Gasteiger partial charge is 0.282 e. The predicted octanol–water partition coefficient (Wildman–Crippen LogP) is 0.939. The lowest BCUT2D eigenvalue weighted by atomic mass is 10.2. The Balaban J connectivity index is 2.33. The molecule has 2 rings (SSSR count). The molecule has 0 aliphatic rings. The fraction of sp³-hybridized carbons (Fsp3) is 0.273. The van der Waals surface area contributed by atoms with Gasteiger partial charge < -0.3 is 0 Å². The summed E-state index contributed by atoms with van der Waals surface area (Å²) in [4.78, 5) is 11.7. The van der Waals surface area contributed by atoms with Gasteiger partial charge in [0.1, 0.15) is 5.82 Å². The van der Waals surface area contributed by atoms with E-state index in [0.717, 1.165) is 11.4 Å². The summed E-state index contributed by atoms with van der Waals surface area (Å²) in [5.41, 5.74) is 1.01. The van der Waals surface area contributed by atoms with Gasteiger partial charge in [0.05, 0.1) is 6.54 Å². The Kier molecular flexibility index (Phi) is 2.41. The van der Waals surface area contributed by atoms with E-state index < -0.39 is 0 Å². The van der Waals surface area contributed by atoms with E-state index in [0.29, 0.717) is 6.54 Å². The van der Waals surface area contributed by atoms with Crippen molar-refractivity contribution < 1.29 is 0 Å². The Morgan fingerprint density at radius 2 is 1.93 bits per heavy atom. The molecule has 0 N–H and O–H groups in total. The van der Waals surface area contributed by atoms with Crippen molar-refractivity contribution in [1.29, 1.82) is 0 Å². The van der Waals surface area contributed by atoms with E-state index in [4.69, 9.17) is 0 Å². The molecule has 0 amide bonds. The summed E-state index contributed by atoms with van der Waals surface area (Å²) in [6.45, 7) is 2.35. The Morgan fingerprint density at radius 3 is 2.47 bits per heavy atom. The minimum atomic E-state index is -0.0728. The second kappa shape index (κ2) is 3.73. The molecule has 4 heteroatoms. The minimum Gasteiger partial charge on any atom is -0.282 e. The highest BCUT2D eigenvalue weighted by molar-refractivity contribution is 5.14. The topological polar surface area (TPSA) is 39.8 Å². The van der Waals surface area contributed by atoms with E-state index in [2.05, 4.69) is 5.10 Å². The summed E-state index contributed by atoms with van der Waals surface area (Å²) in [5, 5.41) is 4.17. The Morgan fingerprint density at radius 1 is 1.27 bits per heavy atom. The molecule has 1 aromatic heterocycles. The van der Waals surface area contributed by atoms with Crippen LogP contribution in [0.15, 0.2) is 35.1 Å². The zero-order valence-corrected chi connectivity index (χ0v) is 8.84. The van der Waals surface area contributed by atoms with Crippen molar-refractivity contribution >= 4 is 0 Å². The van der Waals surface area contributed by atoms with Crippen LogP contribution in [0.2, 0.25) is 0 Å². The Hall–Kier alpha value is -1.84. The first-order valence-electron chi connectivity index (χ1n) is 4.83.